The first-order chi connectivity index (χ1) is 9.43. The van der Waals surface area contributed by atoms with E-state index >= 15 is 0 Å². The van der Waals surface area contributed by atoms with Gasteiger partial charge >= 0.3 is 0 Å². The summed E-state index contributed by atoms with van der Waals surface area (Å²) >= 11 is 17.8. The molecular weight excluding hydrogens is 327 g/mol. The Morgan fingerprint density at radius 1 is 1.35 bits per heavy atom. The quantitative estimate of drug-likeness (QED) is 0.822. The minimum Gasteiger partial charge on any atom is -0.394 e. The van der Waals surface area contributed by atoms with Crippen LogP contribution in [-0.2, 0) is 0 Å². The maximum atomic E-state index is 12.1. The normalized spacial score (nSPS) is 12.8. The Kier molecular flexibility index (Phi) is 4.88. The Labute approximate surface area is 129 Å². The third-order valence-electron chi connectivity index (χ3n) is 2.80. The molecule has 0 aromatic carbocycles. The molecule has 8 heteroatoms. The van der Waals surface area contributed by atoms with Gasteiger partial charge < -0.3 is 10.2 Å². The van der Waals surface area contributed by atoms with Gasteiger partial charge in [-0.2, -0.15) is 0 Å². The molecule has 0 bridgehead atoms. The lowest BCUT2D eigenvalue weighted by Gasteiger charge is -2.06. The number of pyridine rings is 1. The number of Topliss-reactive ketones (excluding diaryl/α,β-unsaturated/α-hetero) is 1. The number of ketones is 1. The van der Waals surface area contributed by atoms with E-state index in [1.165, 1.54) is 16.7 Å². The summed E-state index contributed by atoms with van der Waals surface area (Å²) in [6.07, 6.45) is 0.707. The van der Waals surface area contributed by atoms with Crippen LogP contribution in [0.15, 0.2) is 12.3 Å². The third-order valence-corrected chi connectivity index (χ3v) is 3.78. The molecule has 0 radical (unpaired) electrons. The highest BCUT2D eigenvalue weighted by molar-refractivity contribution is 6.42. The van der Waals surface area contributed by atoms with Crippen molar-refractivity contribution in [1.82, 2.24) is 9.38 Å². The van der Waals surface area contributed by atoms with E-state index in [0.717, 1.165) is 0 Å². The van der Waals surface area contributed by atoms with Crippen LogP contribution in [0.5, 0.6) is 0 Å². The summed E-state index contributed by atoms with van der Waals surface area (Å²) in [5.74, 6) is -0.298. The zero-order valence-electron chi connectivity index (χ0n) is 10.2. The second-order valence-corrected chi connectivity index (χ2v) is 5.42. The number of nitrogens with zero attached hydrogens (tertiary/aromatic N) is 2. The summed E-state index contributed by atoms with van der Waals surface area (Å²) in [4.78, 5) is 16.2. The zero-order chi connectivity index (χ0) is 14.9. The van der Waals surface area contributed by atoms with Crippen LogP contribution in [0.2, 0.25) is 15.2 Å². The van der Waals surface area contributed by atoms with Gasteiger partial charge in [0.1, 0.15) is 11.3 Å². The molecule has 1 atom stereocenters. The summed E-state index contributed by atoms with van der Waals surface area (Å²) in [5.41, 5.74) is 0.598. The van der Waals surface area contributed by atoms with Crippen LogP contribution in [0.1, 0.15) is 23.3 Å². The van der Waals surface area contributed by atoms with E-state index in [4.69, 9.17) is 39.9 Å². The van der Waals surface area contributed by atoms with Gasteiger partial charge in [-0.25, -0.2) is 4.98 Å². The van der Waals surface area contributed by atoms with E-state index in [2.05, 4.69) is 4.98 Å². The summed E-state index contributed by atoms with van der Waals surface area (Å²) < 4.78 is 1.46. The predicted octanol–water partition coefficient (Wildman–Crippen LogP) is 2.61. The molecule has 2 heterocycles. The third kappa shape index (κ3) is 3.07. The summed E-state index contributed by atoms with van der Waals surface area (Å²) in [7, 11) is 0. The smallest absolute Gasteiger partial charge is 0.182 e. The molecule has 0 saturated heterocycles. The molecule has 0 aliphatic carbocycles. The predicted molar refractivity (Wildman–Crippen MR) is 76.9 cm³/mol. The number of rotatable bonds is 5. The minimum atomic E-state index is -0.935. The number of hydrogen-bond donors (Lipinski definition) is 2. The first-order valence-corrected chi connectivity index (χ1v) is 6.92. The number of fused-ring (bicyclic) bond motifs is 1. The Hall–Kier alpha value is -0.850. The lowest BCUT2D eigenvalue weighted by Crippen LogP contribution is -2.14. The number of aliphatic hydroxyl groups excluding tert-OH is 2. The second-order valence-electron chi connectivity index (χ2n) is 4.25. The van der Waals surface area contributed by atoms with E-state index < -0.39 is 12.7 Å². The highest BCUT2D eigenvalue weighted by Crippen LogP contribution is 2.27. The Morgan fingerprint density at radius 3 is 2.70 bits per heavy atom. The van der Waals surface area contributed by atoms with Gasteiger partial charge in [0.15, 0.2) is 10.9 Å². The van der Waals surface area contributed by atoms with Crippen molar-refractivity contribution in [3.63, 3.8) is 0 Å². The van der Waals surface area contributed by atoms with Gasteiger partial charge in [-0.05, 0) is 6.42 Å². The number of aromatic nitrogens is 2. The molecule has 5 nitrogen and oxygen atoms in total. The van der Waals surface area contributed by atoms with Crippen LogP contribution in [0.25, 0.3) is 5.65 Å². The second kappa shape index (κ2) is 6.28. The van der Waals surface area contributed by atoms with Crippen molar-refractivity contribution < 1.29 is 15.0 Å². The largest absolute Gasteiger partial charge is 0.394 e. The topological polar surface area (TPSA) is 74.8 Å². The molecule has 0 saturated carbocycles. The highest BCUT2D eigenvalue weighted by atomic mass is 35.5. The van der Waals surface area contributed by atoms with Crippen molar-refractivity contribution in [2.24, 2.45) is 0 Å². The van der Waals surface area contributed by atoms with Crippen LogP contribution in [-0.4, -0.2) is 38.1 Å². The van der Waals surface area contributed by atoms with E-state index in [0.29, 0.717) is 10.7 Å². The van der Waals surface area contributed by atoms with Gasteiger partial charge in [-0.15, -0.1) is 0 Å². The molecule has 20 heavy (non-hydrogen) atoms. The molecule has 2 aromatic rings. The standard InChI is InChI=1S/C12H11Cl3N2O3/c13-7-3-10-16-12(15)11(17(10)4-8(7)14)9(20)2-1-6(19)5-18/h3-4,6,18-19H,1-2,5H2/t6-/m0/s1. The van der Waals surface area contributed by atoms with Crippen LogP contribution in [0.3, 0.4) is 0 Å². The van der Waals surface area contributed by atoms with Crippen LogP contribution >= 0.6 is 34.8 Å². The van der Waals surface area contributed by atoms with Crippen molar-refractivity contribution >= 4 is 46.2 Å². The molecule has 0 aliphatic rings. The number of halogens is 3. The number of imidazole rings is 1. The number of carbonyl (C=O) groups is 1. The monoisotopic (exact) mass is 336 g/mol. The molecule has 2 aromatic heterocycles. The lowest BCUT2D eigenvalue weighted by atomic mass is 10.1. The fourth-order valence-electron chi connectivity index (χ4n) is 1.77. The SMILES string of the molecule is O=C(CC[C@H](O)CO)c1c(Cl)nc2cc(Cl)c(Cl)cn12. The van der Waals surface area contributed by atoms with Crippen LogP contribution in [0.4, 0.5) is 0 Å². The number of aliphatic hydroxyl groups is 2. The summed E-state index contributed by atoms with van der Waals surface area (Å²) in [5, 5.41) is 18.6. The van der Waals surface area contributed by atoms with Gasteiger partial charge in [0, 0.05) is 18.7 Å². The maximum absolute atomic E-state index is 12.1. The van der Waals surface area contributed by atoms with Crippen molar-refractivity contribution in [2.45, 2.75) is 18.9 Å². The fraction of sp³-hybridized carbons (Fsp3) is 0.333. The van der Waals surface area contributed by atoms with Crippen molar-refractivity contribution in [1.29, 1.82) is 0 Å². The summed E-state index contributed by atoms with van der Waals surface area (Å²) in [6, 6.07) is 1.51. The number of carbonyl (C=O) groups excluding carboxylic acids is 1. The Morgan fingerprint density at radius 2 is 2.05 bits per heavy atom. The van der Waals surface area contributed by atoms with E-state index in [9.17, 15) is 9.90 Å². The zero-order valence-corrected chi connectivity index (χ0v) is 12.5. The average molecular weight is 338 g/mol. The van der Waals surface area contributed by atoms with Gasteiger partial charge in [0.05, 0.1) is 22.8 Å². The molecule has 0 unspecified atom stereocenters. The molecule has 0 aliphatic heterocycles. The van der Waals surface area contributed by atoms with E-state index in [1.807, 2.05) is 0 Å². The molecule has 2 N–H and O–H groups in total. The van der Waals surface area contributed by atoms with Gasteiger partial charge in [0.2, 0.25) is 0 Å². The molecule has 0 spiro atoms. The highest BCUT2D eigenvalue weighted by Gasteiger charge is 2.19. The van der Waals surface area contributed by atoms with Gasteiger partial charge in [-0.3, -0.25) is 9.20 Å². The fourth-order valence-corrected chi connectivity index (χ4v) is 2.35. The maximum Gasteiger partial charge on any atom is 0.182 e. The van der Waals surface area contributed by atoms with E-state index in [1.54, 1.807) is 0 Å². The van der Waals surface area contributed by atoms with Crippen molar-refractivity contribution in [3.05, 3.63) is 33.2 Å². The summed E-state index contributed by atoms with van der Waals surface area (Å²) in [6.45, 7) is -0.393. The van der Waals surface area contributed by atoms with Crippen molar-refractivity contribution in [2.75, 3.05) is 6.61 Å². The molecule has 0 amide bonds. The van der Waals surface area contributed by atoms with Crippen LogP contribution in [0, 0.1) is 0 Å². The Bertz CT molecular complexity index is 657. The number of hydrogen-bond acceptors (Lipinski definition) is 4. The average Bonchev–Trinajstić information content (AvgIpc) is 2.71. The van der Waals surface area contributed by atoms with Crippen molar-refractivity contribution in [3.8, 4) is 0 Å². The van der Waals surface area contributed by atoms with Gasteiger partial charge in [-0.1, -0.05) is 34.8 Å². The first kappa shape index (κ1) is 15.5. The Balaban J connectivity index is 2.36. The lowest BCUT2D eigenvalue weighted by molar-refractivity contribution is 0.0777. The molecule has 0 fully saturated rings. The minimum absolute atomic E-state index is 0.0372. The molecule has 108 valence electrons. The van der Waals surface area contributed by atoms with E-state index in [-0.39, 0.29) is 34.5 Å². The van der Waals surface area contributed by atoms with Gasteiger partial charge in [0.25, 0.3) is 0 Å². The first-order valence-electron chi connectivity index (χ1n) is 5.78. The molecule has 2 rings (SSSR count). The van der Waals surface area contributed by atoms with Crippen LogP contribution < -0.4 is 0 Å². The molecular formula is C12H11Cl3N2O3.